The summed E-state index contributed by atoms with van der Waals surface area (Å²) in [4.78, 5) is 35.3. The van der Waals surface area contributed by atoms with Crippen LogP contribution < -0.4 is 10.6 Å². The number of rotatable bonds is 9. The predicted octanol–water partition coefficient (Wildman–Crippen LogP) is 5.45. The molecule has 2 N–H and O–H groups in total. The predicted molar refractivity (Wildman–Crippen MR) is 144 cm³/mol. The molecule has 3 heterocycles. The molecule has 10 heteroatoms. The highest BCUT2D eigenvalue weighted by atomic mass is 32.2. The van der Waals surface area contributed by atoms with Crippen LogP contribution in [0.2, 0.25) is 0 Å². The van der Waals surface area contributed by atoms with E-state index < -0.39 is 0 Å². The lowest BCUT2D eigenvalue weighted by molar-refractivity contribution is -0.134. The van der Waals surface area contributed by atoms with Crippen LogP contribution in [-0.4, -0.2) is 39.3 Å². The highest BCUT2D eigenvalue weighted by Gasteiger charge is 2.29. The van der Waals surface area contributed by atoms with Crippen molar-refractivity contribution in [1.82, 2.24) is 14.9 Å². The maximum atomic E-state index is 13.1. The Balaban J connectivity index is 1.30. The van der Waals surface area contributed by atoms with E-state index in [0.717, 1.165) is 40.1 Å². The molecule has 4 rings (SSSR count). The van der Waals surface area contributed by atoms with Crippen LogP contribution in [0.5, 0.6) is 0 Å². The van der Waals surface area contributed by atoms with Gasteiger partial charge in [0.25, 0.3) is 0 Å². The van der Waals surface area contributed by atoms with E-state index in [9.17, 15) is 9.59 Å². The zero-order chi connectivity index (χ0) is 25.7. The molecule has 2 amide bonds. The molecule has 0 bridgehead atoms. The Hall–Kier alpha value is -3.11. The Bertz CT molecular complexity index is 1210. The van der Waals surface area contributed by atoms with Crippen LogP contribution in [0, 0.1) is 0 Å². The van der Waals surface area contributed by atoms with Gasteiger partial charge in [0.2, 0.25) is 17.7 Å². The van der Waals surface area contributed by atoms with E-state index in [0.29, 0.717) is 23.9 Å². The Morgan fingerprint density at radius 1 is 1.28 bits per heavy atom. The number of anilines is 2. The van der Waals surface area contributed by atoms with Gasteiger partial charge in [0.15, 0.2) is 5.13 Å². The fourth-order valence-corrected chi connectivity index (χ4v) is 5.52. The molecule has 36 heavy (non-hydrogen) atoms. The second kappa shape index (κ2) is 11.3. The van der Waals surface area contributed by atoms with Crippen molar-refractivity contribution in [2.75, 3.05) is 17.2 Å². The van der Waals surface area contributed by atoms with Crippen molar-refractivity contribution in [3.05, 3.63) is 66.5 Å². The number of nitrogens with one attached hydrogen (secondary N) is 2. The van der Waals surface area contributed by atoms with Gasteiger partial charge in [-0.15, -0.1) is 11.8 Å². The lowest BCUT2D eigenvalue weighted by Gasteiger charge is -2.32. The molecule has 0 spiro atoms. The molecular formula is C26H31N5O3S2. The molecule has 0 aliphatic carbocycles. The van der Waals surface area contributed by atoms with Crippen molar-refractivity contribution < 1.29 is 14.0 Å². The number of carbonyl (C=O) groups is 2. The third-order valence-electron chi connectivity index (χ3n) is 5.72. The number of hydrogen-bond acceptors (Lipinski definition) is 8. The standard InChI is InChI=1S/C26H31N5O3S2/c1-5-21(32)29-18-10-8-17(9-11-18)15-31-12-6-7-19(24(31)33)30-25-28-14-23(36-25)35-16-22-27-13-20(34-22)26(2,3)4/h5,8-11,13-14,19H,1,6-7,12,15-16H2,2-4H3,(H,28,30)(H,29,32)/t19-/m1/s1. The van der Waals surface area contributed by atoms with E-state index in [1.54, 1.807) is 18.0 Å². The van der Waals surface area contributed by atoms with Gasteiger partial charge < -0.3 is 20.0 Å². The largest absolute Gasteiger partial charge is 0.444 e. The molecule has 1 fully saturated rings. The van der Waals surface area contributed by atoms with Crippen LogP contribution in [-0.2, 0) is 27.3 Å². The Morgan fingerprint density at radius 2 is 2.06 bits per heavy atom. The minimum Gasteiger partial charge on any atom is -0.444 e. The van der Waals surface area contributed by atoms with Crippen molar-refractivity contribution >= 4 is 45.7 Å². The van der Waals surface area contributed by atoms with E-state index >= 15 is 0 Å². The van der Waals surface area contributed by atoms with Crippen LogP contribution in [0.3, 0.4) is 0 Å². The highest BCUT2D eigenvalue weighted by Crippen LogP contribution is 2.32. The Labute approximate surface area is 219 Å². The second-order valence-electron chi connectivity index (χ2n) is 9.63. The molecule has 0 saturated carbocycles. The number of benzene rings is 1. The van der Waals surface area contributed by atoms with Crippen molar-refractivity contribution in [3.63, 3.8) is 0 Å². The summed E-state index contributed by atoms with van der Waals surface area (Å²) in [5.74, 6) is 2.02. The number of thioether (sulfide) groups is 1. The number of amides is 2. The number of thiazole rings is 1. The van der Waals surface area contributed by atoms with Crippen LogP contribution in [0.25, 0.3) is 0 Å². The topological polar surface area (TPSA) is 100 Å². The van der Waals surface area contributed by atoms with Gasteiger partial charge in [-0.3, -0.25) is 9.59 Å². The van der Waals surface area contributed by atoms with Crippen LogP contribution in [0.15, 0.2) is 57.9 Å². The average Bonchev–Trinajstić information content (AvgIpc) is 3.51. The summed E-state index contributed by atoms with van der Waals surface area (Å²) < 4.78 is 6.90. The first kappa shape index (κ1) is 26.0. The fourth-order valence-electron chi connectivity index (χ4n) is 3.74. The van der Waals surface area contributed by atoms with Crippen LogP contribution in [0.1, 0.15) is 50.8 Å². The normalized spacial score (nSPS) is 16.1. The molecule has 1 saturated heterocycles. The van der Waals surface area contributed by atoms with Gasteiger partial charge in [-0.25, -0.2) is 9.97 Å². The minimum absolute atomic E-state index is 0.0651. The average molecular weight is 526 g/mol. The first-order valence-corrected chi connectivity index (χ1v) is 13.6. The molecule has 3 aromatic rings. The first-order chi connectivity index (χ1) is 17.2. The SMILES string of the molecule is C=CC(=O)Nc1ccc(CN2CCC[C@@H](Nc3ncc(SCc4ncc(C(C)(C)C)o4)s3)C2=O)cc1. The molecule has 1 atom stereocenters. The van der Waals surface area contributed by atoms with E-state index in [4.69, 9.17) is 4.42 Å². The molecule has 1 aliphatic rings. The number of oxazole rings is 1. The van der Waals surface area contributed by atoms with Gasteiger partial charge in [0.1, 0.15) is 11.8 Å². The van der Waals surface area contributed by atoms with Crippen molar-refractivity contribution in [2.45, 2.75) is 61.6 Å². The molecule has 8 nitrogen and oxygen atoms in total. The lowest BCUT2D eigenvalue weighted by Crippen LogP contribution is -2.47. The maximum Gasteiger partial charge on any atom is 0.247 e. The third kappa shape index (κ3) is 6.76. The van der Waals surface area contributed by atoms with Gasteiger partial charge in [-0.1, -0.05) is 50.8 Å². The van der Waals surface area contributed by atoms with E-state index in [1.807, 2.05) is 35.4 Å². The first-order valence-electron chi connectivity index (χ1n) is 11.8. The summed E-state index contributed by atoms with van der Waals surface area (Å²) in [6.45, 7) is 11.0. The summed E-state index contributed by atoms with van der Waals surface area (Å²) in [5, 5.41) is 6.80. The highest BCUT2D eigenvalue weighted by molar-refractivity contribution is 8.00. The van der Waals surface area contributed by atoms with E-state index in [1.165, 1.54) is 17.4 Å². The number of aromatic nitrogens is 2. The lowest BCUT2D eigenvalue weighted by atomic mass is 9.94. The van der Waals surface area contributed by atoms with Gasteiger partial charge in [0.05, 0.1) is 22.4 Å². The zero-order valence-corrected chi connectivity index (χ0v) is 22.4. The number of nitrogens with zero attached hydrogens (tertiary/aromatic N) is 3. The van der Waals surface area contributed by atoms with Crippen LogP contribution >= 0.6 is 23.1 Å². The van der Waals surface area contributed by atoms with Crippen molar-refractivity contribution in [1.29, 1.82) is 0 Å². The molecule has 1 aromatic carbocycles. The summed E-state index contributed by atoms with van der Waals surface area (Å²) in [7, 11) is 0. The molecular weight excluding hydrogens is 494 g/mol. The zero-order valence-electron chi connectivity index (χ0n) is 20.7. The number of piperidine rings is 1. The summed E-state index contributed by atoms with van der Waals surface area (Å²) >= 11 is 3.15. The van der Waals surface area contributed by atoms with E-state index in [-0.39, 0.29) is 23.3 Å². The number of hydrogen-bond donors (Lipinski definition) is 2. The minimum atomic E-state index is -0.296. The molecule has 2 aromatic heterocycles. The quantitative estimate of drug-likeness (QED) is 0.283. The van der Waals surface area contributed by atoms with Crippen molar-refractivity contribution in [3.8, 4) is 0 Å². The Kier molecular flexibility index (Phi) is 8.15. The molecule has 1 aliphatic heterocycles. The summed E-state index contributed by atoms with van der Waals surface area (Å²) in [6, 6.07) is 7.21. The van der Waals surface area contributed by atoms with Gasteiger partial charge in [-0.2, -0.15) is 0 Å². The van der Waals surface area contributed by atoms with Gasteiger partial charge >= 0.3 is 0 Å². The third-order valence-corrected chi connectivity index (χ3v) is 7.83. The number of carbonyl (C=O) groups excluding carboxylic acids is 2. The second-order valence-corrected chi connectivity index (χ2v) is 11.9. The van der Waals surface area contributed by atoms with Crippen LogP contribution in [0.4, 0.5) is 10.8 Å². The Morgan fingerprint density at radius 3 is 2.75 bits per heavy atom. The van der Waals surface area contributed by atoms with E-state index in [2.05, 4.69) is 48.0 Å². The molecule has 0 unspecified atom stereocenters. The van der Waals surface area contributed by atoms with Crippen molar-refractivity contribution in [2.24, 2.45) is 0 Å². The maximum absolute atomic E-state index is 13.1. The fraction of sp³-hybridized carbons (Fsp3) is 0.385. The smallest absolute Gasteiger partial charge is 0.247 e. The number of likely N-dealkylation sites (tertiary alicyclic amines) is 1. The van der Waals surface area contributed by atoms with Gasteiger partial charge in [0, 0.05) is 24.2 Å². The summed E-state index contributed by atoms with van der Waals surface area (Å²) in [6.07, 6.45) is 6.55. The molecule has 190 valence electrons. The monoisotopic (exact) mass is 525 g/mol. The summed E-state index contributed by atoms with van der Waals surface area (Å²) in [5.41, 5.74) is 1.64. The van der Waals surface area contributed by atoms with Gasteiger partial charge in [-0.05, 0) is 36.6 Å². The molecule has 0 radical (unpaired) electrons.